The van der Waals surface area contributed by atoms with Crippen LogP contribution in [0.4, 0.5) is 0 Å². The van der Waals surface area contributed by atoms with E-state index < -0.39 is 0 Å². The number of hydrogen-bond donors (Lipinski definition) is 2. The molecule has 2 N–H and O–H groups in total. The molecule has 0 radical (unpaired) electrons. The van der Waals surface area contributed by atoms with Crippen LogP contribution in [0.3, 0.4) is 0 Å². The molecule has 1 aliphatic rings. The molecule has 1 aromatic carbocycles. The molecule has 2 heterocycles. The highest BCUT2D eigenvalue weighted by Gasteiger charge is 2.27. The van der Waals surface area contributed by atoms with Gasteiger partial charge in [-0.15, -0.1) is 0 Å². The number of piperazine rings is 1. The van der Waals surface area contributed by atoms with E-state index in [1.807, 2.05) is 0 Å². The van der Waals surface area contributed by atoms with Crippen LogP contribution in [0, 0.1) is 6.92 Å². The van der Waals surface area contributed by atoms with Crippen LogP contribution in [0.1, 0.15) is 42.5 Å². The first kappa shape index (κ1) is 20.1. The summed E-state index contributed by atoms with van der Waals surface area (Å²) in [6.07, 6.45) is 4.09. The van der Waals surface area contributed by atoms with Crippen LogP contribution in [0.25, 0.3) is 0 Å². The van der Waals surface area contributed by atoms with Crippen LogP contribution in [0.5, 0.6) is 0 Å². The van der Waals surface area contributed by atoms with Gasteiger partial charge < -0.3 is 10.1 Å². The fraction of sp³-hybridized carbons (Fsp3) is 0.591. The molecule has 1 aliphatic heterocycles. The maximum atomic E-state index is 9.53. The van der Waals surface area contributed by atoms with Gasteiger partial charge in [0.15, 0.2) is 0 Å². The number of imidazole rings is 1. The molecule has 0 aliphatic carbocycles. The molecular weight excluding hydrogens is 336 g/mol. The normalized spacial score (nSPS) is 18.9. The molecule has 1 aromatic heterocycles. The number of hydrogen-bond acceptors (Lipinski definition) is 4. The summed E-state index contributed by atoms with van der Waals surface area (Å²) < 4.78 is 0. The standard InChI is InChI=1S/C22H34N4O/c1-3-22-23-18(2)21(24-22)17-25-13-14-26(20(16-25)11-15-27)12-7-10-19-8-5-4-6-9-19/h4-6,8-9,20,27H,3,7,10-17H2,1-2H3,(H,23,24)/t20-/m1/s1. The van der Waals surface area contributed by atoms with Crippen molar-refractivity contribution in [1.82, 2.24) is 19.8 Å². The Balaban J connectivity index is 1.52. The molecule has 5 heteroatoms. The lowest BCUT2D eigenvalue weighted by molar-refractivity contribution is 0.0540. The first-order valence-corrected chi connectivity index (χ1v) is 10.3. The molecule has 27 heavy (non-hydrogen) atoms. The number of nitrogens with zero attached hydrogens (tertiary/aromatic N) is 3. The van der Waals surface area contributed by atoms with E-state index >= 15 is 0 Å². The molecule has 0 unspecified atom stereocenters. The van der Waals surface area contributed by atoms with Gasteiger partial charge in [0.05, 0.1) is 5.69 Å². The number of nitrogens with one attached hydrogen (secondary N) is 1. The summed E-state index contributed by atoms with van der Waals surface area (Å²) in [5.41, 5.74) is 3.78. The molecule has 1 atom stereocenters. The third kappa shape index (κ3) is 5.64. The molecule has 2 aromatic rings. The SMILES string of the molecule is CCc1nc(CN2CCN(CCCc3ccccc3)[C@H](CCO)C2)c(C)[nH]1. The minimum atomic E-state index is 0.259. The number of aryl methyl sites for hydroxylation is 3. The minimum Gasteiger partial charge on any atom is -0.396 e. The second-order valence-corrected chi connectivity index (χ2v) is 7.64. The van der Waals surface area contributed by atoms with Crippen molar-refractivity contribution >= 4 is 0 Å². The van der Waals surface area contributed by atoms with Gasteiger partial charge in [0.25, 0.3) is 0 Å². The van der Waals surface area contributed by atoms with Crippen LogP contribution < -0.4 is 0 Å². The van der Waals surface area contributed by atoms with Crippen LogP contribution in [0.2, 0.25) is 0 Å². The Labute approximate surface area is 163 Å². The zero-order valence-corrected chi connectivity index (χ0v) is 16.8. The van der Waals surface area contributed by atoms with Gasteiger partial charge >= 0.3 is 0 Å². The molecule has 0 spiro atoms. The molecule has 1 fully saturated rings. The molecule has 0 saturated carbocycles. The van der Waals surface area contributed by atoms with Gasteiger partial charge in [-0.3, -0.25) is 9.80 Å². The molecule has 148 valence electrons. The van der Waals surface area contributed by atoms with Crippen molar-refractivity contribution in [3.63, 3.8) is 0 Å². The Hall–Kier alpha value is -1.69. The summed E-state index contributed by atoms with van der Waals surface area (Å²) in [5.74, 6) is 1.08. The Kier molecular flexibility index (Phi) is 7.44. The van der Waals surface area contributed by atoms with Gasteiger partial charge in [-0.1, -0.05) is 37.3 Å². The number of aliphatic hydroxyl groups excluding tert-OH is 1. The summed E-state index contributed by atoms with van der Waals surface area (Å²) in [7, 11) is 0. The quantitative estimate of drug-likeness (QED) is 0.713. The van der Waals surface area contributed by atoms with Gasteiger partial charge in [-0.2, -0.15) is 0 Å². The summed E-state index contributed by atoms with van der Waals surface area (Å²) >= 11 is 0. The van der Waals surface area contributed by atoms with Crippen molar-refractivity contribution in [2.24, 2.45) is 0 Å². The van der Waals surface area contributed by atoms with Crippen LogP contribution in [-0.4, -0.2) is 63.7 Å². The predicted octanol–water partition coefficient (Wildman–Crippen LogP) is 2.78. The Morgan fingerprint density at radius 3 is 2.74 bits per heavy atom. The fourth-order valence-electron chi connectivity index (χ4n) is 4.05. The molecule has 5 nitrogen and oxygen atoms in total. The average Bonchev–Trinajstić information content (AvgIpc) is 3.04. The van der Waals surface area contributed by atoms with Crippen molar-refractivity contribution in [1.29, 1.82) is 0 Å². The van der Waals surface area contributed by atoms with Gasteiger partial charge in [0.2, 0.25) is 0 Å². The minimum absolute atomic E-state index is 0.259. The Morgan fingerprint density at radius 1 is 1.22 bits per heavy atom. The van der Waals surface area contributed by atoms with Crippen molar-refractivity contribution in [2.75, 3.05) is 32.8 Å². The average molecular weight is 371 g/mol. The third-order valence-corrected chi connectivity index (χ3v) is 5.65. The molecular formula is C22H34N4O. The summed E-state index contributed by atoms with van der Waals surface area (Å²) in [6, 6.07) is 11.2. The summed E-state index contributed by atoms with van der Waals surface area (Å²) in [5, 5.41) is 9.53. The highest BCUT2D eigenvalue weighted by Crippen LogP contribution is 2.17. The predicted molar refractivity (Wildman–Crippen MR) is 110 cm³/mol. The smallest absolute Gasteiger partial charge is 0.106 e. The first-order chi connectivity index (χ1) is 13.2. The van der Waals surface area contributed by atoms with Crippen molar-refractivity contribution < 1.29 is 5.11 Å². The largest absolute Gasteiger partial charge is 0.396 e. The fourth-order valence-corrected chi connectivity index (χ4v) is 4.05. The van der Waals surface area contributed by atoms with E-state index in [0.29, 0.717) is 6.04 Å². The molecule has 3 rings (SSSR count). The van der Waals surface area contributed by atoms with E-state index in [0.717, 1.165) is 57.8 Å². The maximum Gasteiger partial charge on any atom is 0.106 e. The zero-order valence-electron chi connectivity index (χ0n) is 16.8. The number of benzene rings is 1. The van der Waals surface area contributed by atoms with E-state index in [4.69, 9.17) is 4.98 Å². The number of aromatic amines is 1. The van der Waals surface area contributed by atoms with E-state index in [9.17, 15) is 5.11 Å². The van der Waals surface area contributed by atoms with Crippen molar-refractivity contribution in [3.05, 3.63) is 53.1 Å². The summed E-state index contributed by atoms with van der Waals surface area (Å²) in [6.45, 7) is 9.68. The first-order valence-electron chi connectivity index (χ1n) is 10.3. The van der Waals surface area contributed by atoms with E-state index in [-0.39, 0.29) is 6.61 Å². The van der Waals surface area contributed by atoms with Crippen molar-refractivity contribution in [2.45, 2.75) is 52.1 Å². The van der Waals surface area contributed by atoms with E-state index in [1.165, 1.54) is 23.4 Å². The van der Waals surface area contributed by atoms with Gasteiger partial charge in [0.1, 0.15) is 5.82 Å². The topological polar surface area (TPSA) is 55.4 Å². The highest BCUT2D eigenvalue weighted by atomic mass is 16.3. The lowest BCUT2D eigenvalue weighted by atomic mass is 10.1. The molecule has 0 bridgehead atoms. The van der Waals surface area contributed by atoms with E-state index in [1.54, 1.807) is 0 Å². The number of aromatic nitrogens is 2. The van der Waals surface area contributed by atoms with Gasteiger partial charge in [-0.05, 0) is 38.3 Å². The highest BCUT2D eigenvalue weighted by molar-refractivity contribution is 5.15. The second-order valence-electron chi connectivity index (χ2n) is 7.64. The van der Waals surface area contributed by atoms with Crippen LogP contribution in [-0.2, 0) is 19.4 Å². The lowest BCUT2D eigenvalue weighted by Gasteiger charge is -2.41. The van der Waals surface area contributed by atoms with Crippen molar-refractivity contribution in [3.8, 4) is 0 Å². The van der Waals surface area contributed by atoms with Gasteiger partial charge in [0, 0.05) is 50.9 Å². The number of rotatable bonds is 9. The Morgan fingerprint density at radius 2 is 2.04 bits per heavy atom. The zero-order chi connectivity index (χ0) is 19.1. The summed E-state index contributed by atoms with van der Waals surface area (Å²) in [4.78, 5) is 13.2. The molecule has 1 saturated heterocycles. The maximum absolute atomic E-state index is 9.53. The Bertz CT molecular complexity index is 685. The third-order valence-electron chi connectivity index (χ3n) is 5.65. The van der Waals surface area contributed by atoms with Crippen LogP contribution in [0.15, 0.2) is 30.3 Å². The second kappa shape index (κ2) is 10.0. The van der Waals surface area contributed by atoms with Gasteiger partial charge in [-0.25, -0.2) is 4.98 Å². The monoisotopic (exact) mass is 370 g/mol. The van der Waals surface area contributed by atoms with E-state index in [2.05, 4.69) is 59.0 Å². The molecule has 0 amide bonds. The van der Waals surface area contributed by atoms with Crippen LogP contribution >= 0.6 is 0 Å². The number of H-pyrrole nitrogens is 1. The lowest BCUT2D eigenvalue weighted by Crippen LogP contribution is -2.53. The number of aliphatic hydroxyl groups is 1.